The zero-order valence-corrected chi connectivity index (χ0v) is 15.7. The quantitative estimate of drug-likeness (QED) is 0.799. The molecule has 2 atom stereocenters. The molecule has 7 heteroatoms. The van der Waals surface area contributed by atoms with Crippen molar-refractivity contribution in [1.82, 2.24) is 4.57 Å². The first-order chi connectivity index (χ1) is 11.5. The van der Waals surface area contributed by atoms with Crippen LogP contribution in [-0.2, 0) is 16.6 Å². The van der Waals surface area contributed by atoms with Gasteiger partial charge < -0.3 is 20.4 Å². The van der Waals surface area contributed by atoms with Crippen LogP contribution in [-0.4, -0.2) is 29.1 Å². The van der Waals surface area contributed by atoms with Gasteiger partial charge >= 0.3 is 5.97 Å². The van der Waals surface area contributed by atoms with Gasteiger partial charge in [0.2, 0.25) is 5.91 Å². The molecule has 3 rings (SSSR count). The van der Waals surface area contributed by atoms with Gasteiger partial charge in [0.1, 0.15) is 5.69 Å². The number of amides is 1. The minimum absolute atomic E-state index is 0. The van der Waals surface area contributed by atoms with E-state index in [-0.39, 0.29) is 36.2 Å². The summed E-state index contributed by atoms with van der Waals surface area (Å²) in [4.78, 5) is 24.5. The Morgan fingerprint density at radius 1 is 1.32 bits per heavy atom. The van der Waals surface area contributed by atoms with E-state index in [9.17, 15) is 9.59 Å². The lowest BCUT2D eigenvalue weighted by atomic mass is 9.65. The zero-order valence-electron chi connectivity index (χ0n) is 14.9. The number of halogens is 1. The molecule has 1 aromatic rings. The lowest BCUT2D eigenvalue weighted by Gasteiger charge is -2.43. The molecule has 0 aliphatic heterocycles. The van der Waals surface area contributed by atoms with Gasteiger partial charge in [0.25, 0.3) is 0 Å². The molecular weight excluding hydrogens is 342 g/mol. The number of aryl methyl sites for hydroxylation is 1. The van der Waals surface area contributed by atoms with Crippen LogP contribution in [0.1, 0.15) is 49.5 Å². The summed E-state index contributed by atoms with van der Waals surface area (Å²) in [5.41, 5.74) is 7.38. The molecular formula is C18H28ClN3O3. The van der Waals surface area contributed by atoms with Gasteiger partial charge in [-0.15, -0.1) is 12.4 Å². The Morgan fingerprint density at radius 2 is 1.96 bits per heavy atom. The molecule has 1 aromatic heterocycles. The number of fused-ring (bicyclic) bond motifs is 2. The van der Waals surface area contributed by atoms with Crippen molar-refractivity contribution in [3.05, 3.63) is 18.0 Å². The van der Waals surface area contributed by atoms with Crippen LogP contribution >= 0.6 is 12.4 Å². The van der Waals surface area contributed by atoms with E-state index in [1.165, 1.54) is 6.42 Å². The summed E-state index contributed by atoms with van der Waals surface area (Å²) >= 11 is 0. The maximum atomic E-state index is 12.6. The maximum absolute atomic E-state index is 12.6. The molecule has 2 aliphatic rings. The van der Waals surface area contributed by atoms with Gasteiger partial charge in [-0.1, -0.05) is 6.42 Å². The van der Waals surface area contributed by atoms with E-state index < -0.39 is 0 Å². The van der Waals surface area contributed by atoms with Crippen molar-refractivity contribution in [2.45, 2.75) is 45.1 Å². The number of hydrogen-bond donors (Lipinski definition) is 2. The molecule has 2 bridgehead atoms. The Bertz CT molecular complexity index is 617. The fourth-order valence-electron chi connectivity index (χ4n) is 4.29. The molecule has 1 amide bonds. The van der Waals surface area contributed by atoms with Gasteiger partial charge in [-0.3, -0.25) is 4.79 Å². The average molecular weight is 370 g/mol. The van der Waals surface area contributed by atoms with Crippen LogP contribution in [0, 0.1) is 17.8 Å². The fourth-order valence-corrected chi connectivity index (χ4v) is 4.29. The minimum atomic E-state index is -0.376. The van der Waals surface area contributed by atoms with E-state index in [4.69, 9.17) is 10.5 Å². The highest BCUT2D eigenvalue weighted by atomic mass is 35.5. The van der Waals surface area contributed by atoms with E-state index in [0.717, 1.165) is 25.7 Å². The summed E-state index contributed by atoms with van der Waals surface area (Å²) in [6.07, 6.45) is 7.01. The van der Waals surface area contributed by atoms with Crippen LogP contribution in [0.2, 0.25) is 0 Å². The van der Waals surface area contributed by atoms with Crippen LogP contribution in [0.5, 0.6) is 0 Å². The highest BCUT2D eigenvalue weighted by Crippen LogP contribution is 2.42. The molecule has 0 radical (unpaired) electrons. The summed E-state index contributed by atoms with van der Waals surface area (Å²) in [6, 6.07) is 1.93. The molecule has 0 saturated heterocycles. The second kappa shape index (κ2) is 8.23. The number of anilines is 1. The smallest absolute Gasteiger partial charge is 0.355 e. The van der Waals surface area contributed by atoms with Crippen LogP contribution in [0.25, 0.3) is 0 Å². The normalized spacial score (nSPS) is 28.0. The van der Waals surface area contributed by atoms with E-state index >= 15 is 0 Å². The summed E-state index contributed by atoms with van der Waals surface area (Å²) in [6.45, 7) is 2.10. The number of nitrogens with zero attached hydrogens (tertiary/aromatic N) is 1. The summed E-state index contributed by atoms with van der Waals surface area (Å²) in [5.74, 6) is 0.628. The second-order valence-corrected chi connectivity index (χ2v) is 7.13. The molecule has 6 nitrogen and oxygen atoms in total. The Morgan fingerprint density at radius 3 is 2.56 bits per heavy atom. The Balaban J connectivity index is 0.00000225. The number of ether oxygens (including phenoxy) is 1. The number of nitrogens with one attached hydrogen (secondary N) is 1. The number of esters is 1. The molecule has 2 fully saturated rings. The molecule has 0 aromatic carbocycles. The first-order valence-corrected chi connectivity index (χ1v) is 8.89. The zero-order chi connectivity index (χ0) is 17.3. The van der Waals surface area contributed by atoms with Crippen LogP contribution in [0.3, 0.4) is 0 Å². The highest BCUT2D eigenvalue weighted by Gasteiger charge is 2.40. The monoisotopic (exact) mass is 369 g/mol. The fraction of sp³-hybridized carbons (Fsp3) is 0.667. The minimum Gasteiger partial charge on any atom is -0.461 e. The second-order valence-electron chi connectivity index (χ2n) is 7.13. The number of aromatic nitrogens is 1. The number of rotatable bonds is 4. The van der Waals surface area contributed by atoms with Crippen molar-refractivity contribution in [3.63, 3.8) is 0 Å². The standard InChI is InChI=1S/C18H27N3O3.ClH/c1-3-24-18(23)15-9-14(10-21(15)2)20-17(22)13-7-11-5-4-6-12(8-13)16(11)19;/h9-13,16H,3-8,19H2,1-2H3,(H,20,22);1H. The van der Waals surface area contributed by atoms with Crippen molar-refractivity contribution >= 4 is 30.0 Å². The molecule has 2 saturated carbocycles. The summed E-state index contributed by atoms with van der Waals surface area (Å²) in [7, 11) is 1.77. The highest BCUT2D eigenvalue weighted by molar-refractivity contribution is 5.95. The van der Waals surface area contributed by atoms with Crippen LogP contribution in [0.15, 0.2) is 12.3 Å². The van der Waals surface area contributed by atoms with E-state index in [2.05, 4.69) is 5.32 Å². The lowest BCUT2D eigenvalue weighted by Crippen LogP contribution is -2.48. The van der Waals surface area contributed by atoms with Crippen molar-refractivity contribution in [2.24, 2.45) is 30.5 Å². The van der Waals surface area contributed by atoms with Crippen LogP contribution < -0.4 is 11.1 Å². The van der Waals surface area contributed by atoms with Gasteiger partial charge in [-0.2, -0.15) is 0 Å². The number of nitrogens with two attached hydrogens (primary N) is 1. The van der Waals surface area contributed by atoms with Gasteiger partial charge in [-0.25, -0.2) is 4.79 Å². The van der Waals surface area contributed by atoms with Gasteiger partial charge in [0.15, 0.2) is 0 Å². The van der Waals surface area contributed by atoms with E-state index in [1.54, 1.807) is 30.8 Å². The summed E-state index contributed by atoms with van der Waals surface area (Å²) in [5, 5.41) is 2.97. The average Bonchev–Trinajstić information content (AvgIpc) is 2.87. The third-order valence-electron chi connectivity index (χ3n) is 5.54. The van der Waals surface area contributed by atoms with Crippen molar-refractivity contribution in [1.29, 1.82) is 0 Å². The maximum Gasteiger partial charge on any atom is 0.355 e. The molecule has 2 aliphatic carbocycles. The SMILES string of the molecule is CCOC(=O)c1cc(NC(=O)C2CC3CCCC(C2)C3N)cn1C.Cl. The first-order valence-electron chi connectivity index (χ1n) is 8.89. The van der Waals surface area contributed by atoms with Gasteiger partial charge in [0, 0.05) is 25.2 Å². The van der Waals surface area contributed by atoms with Gasteiger partial charge in [0.05, 0.1) is 12.3 Å². The molecule has 3 N–H and O–H groups in total. The molecule has 1 heterocycles. The summed E-state index contributed by atoms with van der Waals surface area (Å²) < 4.78 is 6.70. The van der Waals surface area contributed by atoms with Crippen molar-refractivity contribution in [2.75, 3.05) is 11.9 Å². The Hall–Kier alpha value is -1.53. The van der Waals surface area contributed by atoms with E-state index in [1.807, 2.05) is 0 Å². The number of hydrogen-bond acceptors (Lipinski definition) is 4. The molecule has 25 heavy (non-hydrogen) atoms. The Kier molecular flexibility index (Phi) is 6.52. The van der Waals surface area contributed by atoms with E-state index in [0.29, 0.717) is 29.8 Å². The third-order valence-corrected chi connectivity index (χ3v) is 5.54. The molecule has 140 valence electrons. The number of carbonyl (C=O) groups excluding carboxylic acids is 2. The topological polar surface area (TPSA) is 86.3 Å². The molecule has 2 unspecified atom stereocenters. The van der Waals surface area contributed by atoms with Crippen LogP contribution in [0.4, 0.5) is 5.69 Å². The number of carbonyl (C=O) groups is 2. The van der Waals surface area contributed by atoms with Crippen molar-refractivity contribution in [3.8, 4) is 0 Å². The van der Waals surface area contributed by atoms with Crippen molar-refractivity contribution < 1.29 is 14.3 Å². The molecule has 0 spiro atoms. The predicted octanol–water partition coefficient (Wildman–Crippen LogP) is 2.72. The predicted molar refractivity (Wildman–Crippen MR) is 98.8 cm³/mol. The Labute approximate surface area is 154 Å². The lowest BCUT2D eigenvalue weighted by molar-refractivity contribution is -0.122. The third kappa shape index (κ3) is 4.18. The van der Waals surface area contributed by atoms with Gasteiger partial charge in [-0.05, 0) is 50.5 Å². The largest absolute Gasteiger partial charge is 0.461 e. The first kappa shape index (κ1) is 19.8.